The van der Waals surface area contributed by atoms with E-state index < -0.39 is 11.4 Å². The molecule has 4 rings (SSSR count). The summed E-state index contributed by atoms with van der Waals surface area (Å²) in [7, 11) is 1.79. The number of piperidine rings is 1. The van der Waals surface area contributed by atoms with Gasteiger partial charge in [0.25, 0.3) is 0 Å². The van der Waals surface area contributed by atoms with Gasteiger partial charge in [-0.3, -0.25) is 4.79 Å². The Morgan fingerprint density at radius 3 is 2.45 bits per heavy atom. The number of carbonyl (C=O) groups is 1. The third-order valence-electron chi connectivity index (χ3n) is 7.92. The second kappa shape index (κ2) is 8.35. The molecule has 0 bridgehead atoms. The van der Waals surface area contributed by atoms with E-state index in [4.69, 9.17) is 4.74 Å². The summed E-state index contributed by atoms with van der Waals surface area (Å²) in [5.74, 6) is 0.517. The first-order valence-corrected chi connectivity index (χ1v) is 11.2. The quantitative estimate of drug-likeness (QED) is 0.650. The smallest absolute Gasteiger partial charge is 0.310 e. The summed E-state index contributed by atoms with van der Waals surface area (Å²) in [5.41, 5.74) is 1.00. The summed E-state index contributed by atoms with van der Waals surface area (Å²) in [6.45, 7) is 3.45. The van der Waals surface area contributed by atoms with Crippen molar-refractivity contribution < 1.29 is 19.0 Å². The minimum atomic E-state index is -0.613. The Bertz CT molecular complexity index is 707. The molecule has 3 fully saturated rings. The summed E-state index contributed by atoms with van der Waals surface area (Å²) in [6.07, 6.45) is 8.45. The minimum Gasteiger partial charge on any atom is -0.481 e. The van der Waals surface area contributed by atoms with Crippen LogP contribution in [0.5, 0.6) is 0 Å². The van der Waals surface area contributed by atoms with Crippen molar-refractivity contribution in [3.05, 3.63) is 35.6 Å². The highest BCUT2D eigenvalue weighted by atomic mass is 19.1. The van der Waals surface area contributed by atoms with Gasteiger partial charge in [0.1, 0.15) is 5.82 Å². The Hall–Kier alpha value is -1.46. The Labute approximate surface area is 173 Å². The van der Waals surface area contributed by atoms with Gasteiger partial charge in [-0.05, 0) is 93.0 Å². The molecule has 160 valence electrons. The van der Waals surface area contributed by atoms with Crippen LogP contribution in [0.3, 0.4) is 0 Å². The fourth-order valence-corrected chi connectivity index (χ4v) is 5.61. The van der Waals surface area contributed by atoms with Crippen LogP contribution in [0.1, 0.15) is 62.8 Å². The van der Waals surface area contributed by atoms with Crippen LogP contribution >= 0.6 is 0 Å². The van der Waals surface area contributed by atoms with Crippen LogP contribution in [0.4, 0.5) is 4.39 Å². The SMILES string of the molecule is COCC1(CC[C@@H]2CC2c2ccc(F)cc2)CCN(CC2(C(=O)O)CCC2)CC1. The van der Waals surface area contributed by atoms with Gasteiger partial charge in [-0.2, -0.15) is 0 Å². The molecule has 0 radical (unpaired) electrons. The number of carboxylic acids is 1. The molecular formula is C24H34FNO3. The van der Waals surface area contributed by atoms with Crippen molar-refractivity contribution in [2.24, 2.45) is 16.7 Å². The van der Waals surface area contributed by atoms with Crippen LogP contribution in [-0.2, 0) is 9.53 Å². The van der Waals surface area contributed by atoms with E-state index in [1.165, 1.54) is 24.8 Å². The Morgan fingerprint density at radius 2 is 1.90 bits per heavy atom. The molecule has 1 heterocycles. The summed E-state index contributed by atoms with van der Waals surface area (Å²) < 4.78 is 18.8. The van der Waals surface area contributed by atoms with E-state index in [9.17, 15) is 14.3 Å². The predicted octanol–water partition coefficient (Wildman–Crippen LogP) is 4.69. The Morgan fingerprint density at radius 1 is 1.21 bits per heavy atom. The second-order valence-corrected chi connectivity index (χ2v) is 9.84. The second-order valence-electron chi connectivity index (χ2n) is 9.84. The topological polar surface area (TPSA) is 49.8 Å². The molecule has 1 aromatic rings. The van der Waals surface area contributed by atoms with Crippen LogP contribution < -0.4 is 0 Å². The maximum absolute atomic E-state index is 13.1. The maximum atomic E-state index is 13.1. The van der Waals surface area contributed by atoms with Crippen molar-refractivity contribution in [3.8, 4) is 0 Å². The number of hydrogen-bond donors (Lipinski definition) is 1. The molecule has 2 aliphatic carbocycles. The van der Waals surface area contributed by atoms with Gasteiger partial charge in [0, 0.05) is 13.7 Å². The normalized spacial score (nSPS) is 27.9. The lowest BCUT2D eigenvalue weighted by atomic mass is 9.67. The highest BCUT2D eigenvalue weighted by Crippen LogP contribution is 2.52. The van der Waals surface area contributed by atoms with Crippen molar-refractivity contribution in [1.29, 1.82) is 0 Å². The number of aliphatic carboxylic acids is 1. The van der Waals surface area contributed by atoms with Gasteiger partial charge in [-0.1, -0.05) is 18.6 Å². The lowest BCUT2D eigenvalue weighted by molar-refractivity contribution is -0.157. The lowest BCUT2D eigenvalue weighted by Gasteiger charge is -2.46. The highest BCUT2D eigenvalue weighted by molar-refractivity contribution is 5.76. The van der Waals surface area contributed by atoms with Gasteiger partial charge >= 0.3 is 5.97 Å². The van der Waals surface area contributed by atoms with Gasteiger partial charge in [0.2, 0.25) is 0 Å². The van der Waals surface area contributed by atoms with Crippen LogP contribution in [0, 0.1) is 22.6 Å². The molecule has 2 atom stereocenters. The molecule has 29 heavy (non-hydrogen) atoms. The first-order chi connectivity index (χ1) is 14.0. The first kappa shape index (κ1) is 20.8. The van der Waals surface area contributed by atoms with Crippen LogP contribution in [0.2, 0.25) is 0 Å². The molecule has 1 aromatic carbocycles. The molecule has 5 heteroatoms. The Balaban J connectivity index is 1.28. The fraction of sp³-hybridized carbons (Fsp3) is 0.708. The van der Waals surface area contributed by atoms with Crippen molar-refractivity contribution in [2.75, 3.05) is 33.4 Å². The van der Waals surface area contributed by atoms with E-state index in [1.807, 2.05) is 12.1 Å². The number of hydrogen-bond acceptors (Lipinski definition) is 3. The monoisotopic (exact) mass is 403 g/mol. The molecule has 0 aromatic heterocycles. The number of nitrogens with zero attached hydrogens (tertiary/aromatic N) is 1. The van der Waals surface area contributed by atoms with Gasteiger partial charge in [-0.15, -0.1) is 0 Å². The molecule has 1 unspecified atom stereocenters. The number of carboxylic acid groups (broad SMARTS) is 1. The van der Waals surface area contributed by atoms with Crippen molar-refractivity contribution in [1.82, 2.24) is 4.90 Å². The van der Waals surface area contributed by atoms with E-state index in [1.54, 1.807) is 19.2 Å². The van der Waals surface area contributed by atoms with E-state index >= 15 is 0 Å². The molecule has 0 amide bonds. The zero-order chi connectivity index (χ0) is 20.5. The average molecular weight is 404 g/mol. The van der Waals surface area contributed by atoms with E-state index in [0.29, 0.717) is 18.4 Å². The number of likely N-dealkylation sites (tertiary alicyclic amines) is 1. The molecule has 1 saturated heterocycles. The fourth-order valence-electron chi connectivity index (χ4n) is 5.61. The van der Waals surface area contributed by atoms with Gasteiger partial charge < -0.3 is 14.7 Å². The summed E-state index contributed by atoms with van der Waals surface area (Å²) in [5, 5.41) is 9.62. The van der Waals surface area contributed by atoms with Gasteiger partial charge in [-0.25, -0.2) is 4.39 Å². The van der Waals surface area contributed by atoms with Crippen LogP contribution in [0.25, 0.3) is 0 Å². The maximum Gasteiger partial charge on any atom is 0.310 e. The molecular weight excluding hydrogens is 369 g/mol. The molecule has 1 N–H and O–H groups in total. The number of halogens is 1. The van der Waals surface area contributed by atoms with E-state index in [-0.39, 0.29) is 11.2 Å². The van der Waals surface area contributed by atoms with Gasteiger partial charge in [0.05, 0.1) is 12.0 Å². The number of ether oxygens (including phenoxy) is 1. The average Bonchev–Trinajstić information content (AvgIpc) is 3.45. The zero-order valence-corrected chi connectivity index (χ0v) is 17.5. The van der Waals surface area contributed by atoms with Crippen LogP contribution in [0.15, 0.2) is 24.3 Å². The standard InChI is InChI=1S/C24H34FNO3/c1-29-17-23(10-7-19-15-21(19)18-3-5-20(25)6-4-18)11-13-26(14-12-23)16-24(22(27)28)8-2-9-24/h3-6,19,21H,2,7-17H2,1H3,(H,27,28)/t19-,21?/m1/s1. The van der Waals surface area contributed by atoms with Crippen LogP contribution in [-0.4, -0.2) is 49.3 Å². The van der Waals surface area contributed by atoms with Crippen molar-refractivity contribution in [2.45, 2.75) is 57.3 Å². The molecule has 3 aliphatic rings. The summed E-state index contributed by atoms with van der Waals surface area (Å²) in [4.78, 5) is 14.1. The molecule has 1 aliphatic heterocycles. The predicted molar refractivity (Wildman–Crippen MR) is 110 cm³/mol. The summed E-state index contributed by atoms with van der Waals surface area (Å²) in [6, 6.07) is 7.00. The largest absolute Gasteiger partial charge is 0.481 e. The molecule has 4 nitrogen and oxygen atoms in total. The lowest BCUT2D eigenvalue weighted by Crippen LogP contribution is -2.51. The number of benzene rings is 1. The van der Waals surface area contributed by atoms with Crippen molar-refractivity contribution in [3.63, 3.8) is 0 Å². The summed E-state index contributed by atoms with van der Waals surface area (Å²) >= 11 is 0. The Kier molecular flexibility index (Phi) is 5.99. The van der Waals surface area contributed by atoms with Gasteiger partial charge in [0.15, 0.2) is 0 Å². The van der Waals surface area contributed by atoms with E-state index in [2.05, 4.69) is 4.90 Å². The first-order valence-electron chi connectivity index (χ1n) is 11.2. The third-order valence-corrected chi connectivity index (χ3v) is 7.92. The molecule has 2 saturated carbocycles. The van der Waals surface area contributed by atoms with E-state index in [0.717, 1.165) is 51.8 Å². The third kappa shape index (κ3) is 4.51. The number of methoxy groups -OCH3 is 1. The zero-order valence-electron chi connectivity index (χ0n) is 17.5. The highest BCUT2D eigenvalue weighted by Gasteiger charge is 2.47. The number of rotatable bonds is 9. The minimum absolute atomic E-state index is 0.164. The molecule has 0 spiro atoms. The van der Waals surface area contributed by atoms with Crippen molar-refractivity contribution >= 4 is 5.97 Å².